The highest BCUT2D eigenvalue weighted by Crippen LogP contribution is 2.25. The van der Waals surface area contributed by atoms with Crippen LogP contribution in [0.2, 0.25) is 0 Å². The molecule has 2 aromatic rings. The van der Waals surface area contributed by atoms with Crippen molar-refractivity contribution in [2.75, 3.05) is 0 Å². The van der Waals surface area contributed by atoms with Gasteiger partial charge in [0, 0.05) is 31.3 Å². The van der Waals surface area contributed by atoms with E-state index in [4.69, 9.17) is 4.74 Å². The van der Waals surface area contributed by atoms with Gasteiger partial charge in [0.05, 0.1) is 15.5 Å². The van der Waals surface area contributed by atoms with Crippen LogP contribution in [0.15, 0.2) is 24.3 Å². The van der Waals surface area contributed by atoms with Gasteiger partial charge in [-0.1, -0.05) is 0 Å². The first-order valence-electron chi connectivity index (χ1n) is 5.95. The van der Waals surface area contributed by atoms with Crippen molar-refractivity contribution in [3.63, 3.8) is 0 Å². The number of carbonyl (C=O) groups excluding carboxylic acids is 1. The zero-order chi connectivity index (χ0) is 16.4. The van der Waals surface area contributed by atoms with Crippen LogP contribution in [-0.2, 0) is 7.05 Å². The van der Waals surface area contributed by atoms with E-state index in [-0.39, 0.29) is 5.88 Å². The van der Waals surface area contributed by atoms with Gasteiger partial charge in [-0.25, -0.2) is 9.48 Å². The van der Waals surface area contributed by atoms with Crippen molar-refractivity contribution in [3.8, 4) is 5.88 Å². The molecule has 2 rings (SSSR count). The Hall–Kier alpha value is -3.30. The number of rotatable bonds is 4. The Morgan fingerprint density at radius 1 is 1.23 bits per heavy atom. The van der Waals surface area contributed by atoms with Gasteiger partial charge in [-0.15, -0.1) is 0 Å². The molecular weight excluding hydrogens is 296 g/mol. The average molecular weight is 306 g/mol. The Morgan fingerprint density at radius 3 is 2.41 bits per heavy atom. The van der Waals surface area contributed by atoms with Gasteiger partial charge >= 0.3 is 5.97 Å². The van der Waals surface area contributed by atoms with Crippen molar-refractivity contribution < 1.29 is 19.4 Å². The van der Waals surface area contributed by atoms with E-state index in [9.17, 15) is 25.0 Å². The molecule has 0 bridgehead atoms. The molecule has 1 aromatic carbocycles. The molecule has 0 spiro atoms. The smallest absolute Gasteiger partial charge is 0.352 e. The minimum Gasteiger partial charge on any atom is -0.404 e. The molecule has 0 N–H and O–H groups in total. The minimum absolute atomic E-state index is 0.0725. The number of aryl methyl sites for hydroxylation is 2. The number of esters is 1. The number of nitro benzene ring substituents is 2. The molecule has 10 nitrogen and oxygen atoms in total. The van der Waals surface area contributed by atoms with Crippen molar-refractivity contribution in [2.45, 2.75) is 6.92 Å². The molecule has 1 heterocycles. The molecule has 0 aliphatic heterocycles. The van der Waals surface area contributed by atoms with Crippen molar-refractivity contribution in [3.05, 3.63) is 55.8 Å². The summed E-state index contributed by atoms with van der Waals surface area (Å²) in [5.74, 6) is -0.998. The summed E-state index contributed by atoms with van der Waals surface area (Å²) < 4.78 is 6.29. The molecule has 114 valence electrons. The second-order valence-electron chi connectivity index (χ2n) is 4.35. The summed E-state index contributed by atoms with van der Waals surface area (Å²) in [6.07, 6.45) is 0. The zero-order valence-electron chi connectivity index (χ0n) is 11.5. The lowest BCUT2D eigenvalue weighted by atomic mass is 10.1. The fraction of sp³-hybridized carbons (Fsp3) is 0.167. The van der Waals surface area contributed by atoms with Gasteiger partial charge in [-0.05, 0) is 6.92 Å². The lowest BCUT2D eigenvalue weighted by Gasteiger charge is -2.04. The van der Waals surface area contributed by atoms with Crippen LogP contribution >= 0.6 is 0 Å². The molecule has 0 unspecified atom stereocenters. The Kier molecular flexibility index (Phi) is 3.84. The molecule has 0 saturated heterocycles. The second-order valence-corrected chi connectivity index (χ2v) is 4.35. The van der Waals surface area contributed by atoms with E-state index in [0.717, 1.165) is 18.2 Å². The maximum atomic E-state index is 12.1. The molecule has 0 saturated carbocycles. The molecule has 0 aliphatic carbocycles. The van der Waals surface area contributed by atoms with Gasteiger partial charge in [0.15, 0.2) is 0 Å². The van der Waals surface area contributed by atoms with Gasteiger partial charge in [-0.3, -0.25) is 20.2 Å². The van der Waals surface area contributed by atoms with Gasteiger partial charge in [0.2, 0.25) is 5.88 Å². The van der Waals surface area contributed by atoms with Crippen LogP contribution in [0.1, 0.15) is 16.1 Å². The lowest BCUT2D eigenvalue weighted by Crippen LogP contribution is -2.13. The number of ether oxygens (including phenoxy) is 1. The minimum atomic E-state index is -1.07. The first kappa shape index (κ1) is 15.1. The van der Waals surface area contributed by atoms with Crippen molar-refractivity contribution in [1.82, 2.24) is 9.78 Å². The van der Waals surface area contributed by atoms with Crippen LogP contribution in [-0.4, -0.2) is 25.6 Å². The van der Waals surface area contributed by atoms with E-state index < -0.39 is 32.8 Å². The third-order valence-electron chi connectivity index (χ3n) is 2.76. The van der Waals surface area contributed by atoms with Gasteiger partial charge < -0.3 is 4.74 Å². The van der Waals surface area contributed by atoms with Gasteiger partial charge in [0.25, 0.3) is 11.4 Å². The van der Waals surface area contributed by atoms with Crippen molar-refractivity contribution >= 4 is 17.3 Å². The maximum Gasteiger partial charge on any atom is 0.352 e. The van der Waals surface area contributed by atoms with Gasteiger partial charge in [0.1, 0.15) is 5.56 Å². The Labute approximate surface area is 123 Å². The molecule has 22 heavy (non-hydrogen) atoms. The predicted octanol–water partition coefficient (Wildman–Crippen LogP) is 1.76. The number of hydrogen-bond acceptors (Lipinski definition) is 7. The zero-order valence-corrected chi connectivity index (χ0v) is 11.5. The highest BCUT2D eigenvalue weighted by atomic mass is 16.6. The summed E-state index contributed by atoms with van der Waals surface area (Å²) in [7, 11) is 1.53. The number of nitrogens with zero attached hydrogens (tertiary/aromatic N) is 4. The van der Waals surface area contributed by atoms with E-state index in [0.29, 0.717) is 5.69 Å². The summed E-state index contributed by atoms with van der Waals surface area (Å²) in [5.41, 5.74) is -0.940. The van der Waals surface area contributed by atoms with E-state index in [1.807, 2.05) is 0 Å². The Balaban J connectivity index is 2.42. The normalized spacial score (nSPS) is 10.3. The number of aromatic nitrogens is 2. The molecule has 0 amide bonds. The van der Waals surface area contributed by atoms with Gasteiger partial charge in [-0.2, -0.15) is 5.10 Å². The molecule has 1 aromatic heterocycles. The first-order chi connectivity index (χ1) is 10.3. The molecular formula is C12H10N4O6. The van der Waals surface area contributed by atoms with Crippen LogP contribution in [0.3, 0.4) is 0 Å². The summed E-state index contributed by atoms with van der Waals surface area (Å²) in [5, 5.41) is 25.6. The largest absolute Gasteiger partial charge is 0.404 e. The summed E-state index contributed by atoms with van der Waals surface area (Å²) in [6, 6.07) is 4.11. The lowest BCUT2D eigenvalue weighted by molar-refractivity contribution is -0.389. The Bertz CT molecular complexity index is 782. The quantitative estimate of drug-likeness (QED) is 0.477. The van der Waals surface area contributed by atoms with E-state index in [1.165, 1.54) is 17.8 Å². The fourth-order valence-corrected chi connectivity index (χ4v) is 1.79. The Morgan fingerprint density at radius 2 is 1.91 bits per heavy atom. The van der Waals surface area contributed by atoms with Crippen LogP contribution in [0.5, 0.6) is 5.88 Å². The van der Waals surface area contributed by atoms with Crippen molar-refractivity contribution in [2.24, 2.45) is 7.05 Å². The van der Waals surface area contributed by atoms with E-state index >= 15 is 0 Å². The molecule has 10 heteroatoms. The van der Waals surface area contributed by atoms with E-state index in [1.54, 1.807) is 6.92 Å². The van der Waals surface area contributed by atoms with Crippen LogP contribution < -0.4 is 4.74 Å². The predicted molar refractivity (Wildman–Crippen MR) is 72.7 cm³/mol. The third-order valence-corrected chi connectivity index (χ3v) is 2.76. The summed E-state index contributed by atoms with van der Waals surface area (Å²) >= 11 is 0. The molecule has 0 aliphatic rings. The van der Waals surface area contributed by atoms with Crippen LogP contribution in [0.4, 0.5) is 11.4 Å². The maximum absolute atomic E-state index is 12.1. The molecule has 0 atom stereocenters. The van der Waals surface area contributed by atoms with E-state index in [2.05, 4.69) is 5.10 Å². The average Bonchev–Trinajstić information content (AvgIpc) is 2.75. The number of carbonyl (C=O) groups is 1. The number of benzene rings is 1. The third kappa shape index (κ3) is 2.90. The number of non-ortho nitro benzene ring substituents is 1. The SMILES string of the molecule is Cc1cc(OC(=O)c2cc([N+](=O)[O-])ccc2[N+](=O)[O-])n(C)n1. The highest BCUT2D eigenvalue weighted by molar-refractivity contribution is 5.95. The molecule has 0 radical (unpaired) electrons. The summed E-state index contributed by atoms with van der Waals surface area (Å²) in [4.78, 5) is 32.2. The number of nitro groups is 2. The highest BCUT2D eigenvalue weighted by Gasteiger charge is 2.26. The second kappa shape index (κ2) is 5.60. The van der Waals surface area contributed by atoms with Crippen molar-refractivity contribution in [1.29, 1.82) is 0 Å². The summed E-state index contributed by atoms with van der Waals surface area (Å²) in [6.45, 7) is 1.67. The molecule has 0 fully saturated rings. The topological polar surface area (TPSA) is 130 Å². The standard InChI is InChI=1S/C12H10N4O6/c1-7-5-11(14(2)13-7)22-12(17)9-6-8(15(18)19)3-4-10(9)16(20)21/h3-6H,1-2H3. The van der Waals surface area contributed by atoms with Crippen LogP contribution in [0, 0.1) is 27.2 Å². The fourth-order valence-electron chi connectivity index (χ4n) is 1.79. The van der Waals surface area contributed by atoms with Crippen LogP contribution in [0.25, 0.3) is 0 Å². The first-order valence-corrected chi connectivity index (χ1v) is 5.95. The number of hydrogen-bond donors (Lipinski definition) is 0. The monoisotopic (exact) mass is 306 g/mol.